The summed E-state index contributed by atoms with van der Waals surface area (Å²) in [6, 6.07) is 24.6. The summed E-state index contributed by atoms with van der Waals surface area (Å²) in [6.45, 7) is 40.8. The van der Waals surface area contributed by atoms with Crippen LogP contribution in [0.5, 0.6) is 0 Å². The SMILES string of the molecule is CC(C)C1CCN(C)CCN1C.CC1CN(C)CCN(C)C1.CCC1CCN(C)CCN1C.CN1CCC(Cc2ccccc2)N(C)CC1.CN1CCC(c2ccccc2)N(C)CC1.CN1CCN(C)CC(CO)C1.CN1CCN(C)CC(O)C1.COC(=O)C1CN(C)CCN(C)C1. The fourth-order valence-electron chi connectivity index (χ4n) is 14.5. The summed E-state index contributed by atoms with van der Waals surface area (Å²) in [7, 11) is 36.1. The van der Waals surface area contributed by atoms with Crippen LogP contribution in [0.3, 0.4) is 0 Å². The van der Waals surface area contributed by atoms with Crippen LogP contribution in [0.15, 0.2) is 60.7 Å². The maximum atomic E-state index is 11.3. The average Bonchev–Trinajstić information content (AvgIpc) is 1.59. The highest BCUT2D eigenvalue weighted by Crippen LogP contribution is 2.25. The van der Waals surface area contributed by atoms with Crippen molar-refractivity contribution in [2.45, 2.75) is 96.5 Å². The summed E-state index contributed by atoms with van der Waals surface area (Å²) in [5, 5.41) is 18.3. The minimum atomic E-state index is -0.169. The van der Waals surface area contributed by atoms with E-state index in [9.17, 15) is 9.90 Å². The fraction of sp³-hybridized carbons (Fsp3) is 0.833. The Hall–Kier alpha value is -2.81. The number of carbonyl (C=O) groups excluding carboxylic acids is 1. The molecule has 8 fully saturated rings. The van der Waals surface area contributed by atoms with Gasteiger partial charge in [-0.15, -0.1) is 0 Å². The van der Waals surface area contributed by atoms with Crippen LogP contribution < -0.4 is 0 Å². The third-order valence-corrected chi connectivity index (χ3v) is 21.4. The van der Waals surface area contributed by atoms with Crippen molar-refractivity contribution in [3.8, 4) is 0 Å². The molecular formula is C78H154N16O4. The number of hydrogen-bond acceptors (Lipinski definition) is 20. The summed E-state index contributed by atoms with van der Waals surface area (Å²) < 4.78 is 4.75. The fourth-order valence-corrected chi connectivity index (χ4v) is 14.5. The molecule has 2 N–H and O–H groups in total. The normalized spacial score (nSPS) is 26.1. The summed E-state index contributed by atoms with van der Waals surface area (Å²) in [6.07, 6.45) is 7.49. The van der Waals surface area contributed by atoms with Gasteiger partial charge in [-0.25, -0.2) is 0 Å². The molecule has 0 amide bonds. The lowest BCUT2D eigenvalue weighted by molar-refractivity contribution is -0.146. The molecule has 8 saturated heterocycles. The first-order chi connectivity index (χ1) is 46.6. The molecule has 2 aromatic carbocycles. The lowest BCUT2D eigenvalue weighted by atomic mass is 10.00. The number of rotatable bonds is 7. The smallest absolute Gasteiger partial charge is 0.311 e. The van der Waals surface area contributed by atoms with Crippen molar-refractivity contribution in [3.05, 3.63) is 71.8 Å². The van der Waals surface area contributed by atoms with Crippen molar-refractivity contribution in [1.29, 1.82) is 0 Å². The van der Waals surface area contributed by atoms with E-state index in [1.54, 1.807) is 0 Å². The number of methoxy groups -OCH3 is 1. The predicted octanol–water partition coefficient (Wildman–Crippen LogP) is 5.02. The molecule has 8 heterocycles. The third-order valence-electron chi connectivity index (χ3n) is 21.4. The molecule has 570 valence electrons. The van der Waals surface area contributed by atoms with Gasteiger partial charge in [0.1, 0.15) is 0 Å². The number of aliphatic hydroxyl groups is 2. The van der Waals surface area contributed by atoms with E-state index in [2.05, 4.69) is 251 Å². The van der Waals surface area contributed by atoms with Gasteiger partial charge in [0.05, 0.1) is 19.1 Å². The molecule has 4 unspecified atom stereocenters. The Bertz CT molecular complexity index is 2200. The summed E-state index contributed by atoms with van der Waals surface area (Å²) >= 11 is 0. The Balaban J connectivity index is 0.000000293. The highest BCUT2D eigenvalue weighted by Gasteiger charge is 2.27. The topological polar surface area (TPSA) is 119 Å². The molecule has 4 atom stereocenters. The van der Waals surface area contributed by atoms with Gasteiger partial charge < -0.3 is 88.4 Å². The van der Waals surface area contributed by atoms with Crippen LogP contribution in [0.25, 0.3) is 0 Å². The first-order valence-corrected chi connectivity index (χ1v) is 38.1. The predicted molar refractivity (Wildman–Crippen MR) is 416 cm³/mol. The Labute approximate surface area is 603 Å². The van der Waals surface area contributed by atoms with Crippen LogP contribution in [-0.4, -0.2) is 429 Å². The third kappa shape index (κ3) is 38.6. The number of esters is 1. The van der Waals surface area contributed by atoms with Gasteiger partial charge in [0, 0.05) is 194 Å². The molecule has 0 spiro atoms. The van der Waals surface area contributed by atoms with Gasteiger partial charge >= 0.3 is 5.97 Å². The Morgan fingerprint density at radius 1 is 0.429 bits per heavy atom. The molecule has 8 aliphatic heterocycles. The minimum absolute atomic E-state index is 0.00231. The van der Waals surface area contributed by atoms with Crippen LogP contribution in [-0.2, 0) is 16.0 Å². The molecular weight excluding hydrogens is 1220 g/mol. The van der Waals surface area contributed by atoms with Crippen LogP contribution in [0.1, 0.15) is 77.0 Å². The van der Waals surface area contributed by atoms with E-state index in [0.29, 0.717) is 24.6 Å². The molecule has 0 aliphatic carbocycles. The first-order valence-electron chi connectivity index (χ1n) is 38.1. The van der Waals surface area contributed by atoms with E-state index >= 15 is 0 Å². The van der Waals surface area contributed by atoms with Crippen LogP contribution in [0, 0.1) is 23.7 Å². The molecule has 10 rings (SSSR count). The second-order valence-electron chi connectivity index (χ2n) is 31.6. The number of nitrogens with zero attached hydrogens (tertiary/aromatic N) is 16. The van der Waals surface area contributed by atoms with E-state index in [1.807, 2.05) is 28.2 Å². The molecule has 20 nitrogen and oxygen atoms in total. The van der Waals surface area contributed by atoms with Gasteiger partial charge in [0.25, 0.3) is 0 Å². The van der Waals surface area contributed by atoms with Gasteiger partial charge in [-0.05, 0) is 200 Å². The standard InChI is InChI=1S/C14H22N2.C13H20N2.C10H22N2.C9H18N2O2.C9H20N2.C8H18N2O.C8H18N2.C7H16N2O/c1-15-9-8-14(16(2)11-10-15)12-13-6-4-3-5-7-13;1-14-9-8-13(15(2)11-10-14)12-6-4-3-5-7-12;1-9(2)10-5-6-11(3)7-8-12(10)4;1-10-4-5-11(2)7-8(6-10)9(12)13-3;1-4-9-5-6-10(2)7-8-11(9)3;1-9-3-4-10(2)6-8(5-9)7-11;1-8-6-9(2)4-5-10(3)7-8;1-8-3-4-9(2)6-7(10)5-8/h3-7,14H,8-12H2,1-2H3;3-7,13H,8-11H2,1-2H3;9-10H,5-8H2,1-4H3;8H,4-7H2,1-3H3;9H,4-8H2,1-3H3;8,11H,3-7H2,1-2H3;8H,4-7H2,1-3H3;7,10H,3-6H2,1-2H3. The van der Waals surface area contributed by atoms with Crippen LogP contribution in [0.4, 0.5) is 0 Å². The molecule has 98 heavy (non-hydrogen) atoms. The summed E-state index contributed by atoms with van der Waals surface area (Å²) in [4.78, 5) is 49.1. The zero-order valence-corrected chi connectivity index (χ0v) is 67.1. The quantitative estimate of drug-likeness (QED) is 0.361. The molecule has 20 heteroatoms. The second-order valence-corrected chi connectivity index (χ2v) is 31.6. The van der Waals surface area contributed by atoms with Crippen molar-refractivity contribution in [3.63, 3.8) is 0 Å². The first kappa shape index (κ1) is 89.4. The Kier molecular flexibility index (Phi) is 46.1. The molecule has 8 aliphatic rings. The zero-order chi connectivity index (χ0) is 72.7. The van der Waals surface area contributed by atoms with Gasteiger partial charge in [-0.3, -0.25) is 9.69 Å². The molecule has 2 aromatic rings. The Morgan fingerprint density at radius 3 is 1.21 bits per heavy atom. The van der Waals surface area contributed by atoms with Crippen molar-refractivity contribution < 1.29 is 19.7 Å². The highest BCUT2D eigenvalue weighted by molar-refractivity contribution is 5.72. The van der Waals surface area contributed by atoms with Gasteiger partial charge in [0.15, 0.2) is 0 Å². The number of aliphatic hydroxyl groups excluding tert-OH is 2. The van der Waals surface area contributed by atoms with Crippen molar-refractivity contribution in [2.24, 2.45) is 23.7 Å². The van der Waals surface area contributed by atoms with Gasteiger partial charge in [0.2, 0.25) is 0 Å². The van der Waals surface area contributed by atoms with Gasteiger partial charge in [-0.1, -0.05) is 88.4 Å². The molecule has 0 bridgehead atoms. The van der Waals surface area contributed by atoms with Crippen molar-refractivity contribution >= 4 is 5.97 Å². The summed E-state index contributed by atoms with van der Waals surface area (Å²) in [5.74, 6) is 1.97. The van der Waals surface area contributed by atoms with Gasteiger partial charge in [-0.2, -0.15) is 0 Å². The molecule has 0 aromatic heterocycles. The number of benzene rings is 2. The van der Waals surface area contributed by atoms with E-state index in [0.717, 1.165) is 109 Å². The zero-order valence-electron chi connectivity index (χ0n) is 67.1. The van der Waals surface area contributed by atoms with E-state index in [4.69, 9.17) is 9.84 Å². The van der Waals surface area contributed by atoms with E-state index in [1.165, 1.54) is 155 Å². The number of likely N-dealkylation sites (N-methyl/N-ethyl adjacent to an activating group) is 16. The lowest BCUT2D eigenvalue weighted by Gasteiger charge is -2.28. The van der Waals surface area contributed by atoms with E-state index in [-0.39, 0.29) is 18.0 Å². The largest absolute Gasteiger partial charge is 0.469 e. The minimum Gasteiger partial charge on any atom is -0.469 e. The lowest BCUT2D eigenvalue weighted by Crippen LogP contribution is -2.36. The number of ether oxygens (including phenoxy) is 1. The summed E-state index contributed by atoms with van der Waals surface area (Å²) in [5.41, 5.74) is 2.92. The monoisotopic (exact) mass is 1380 g/mol. The maximum Gasteiger partial charge on any atom is 0.311 e. The number of hydrogen-bond donors (Lipinski definition) is 2. The average molecular weight is 1380 g/mol. The van der Waals surface area contributed by atoms with Crippen LogP contribution in [0.2, 0.25) is 0 Å². The second kappa shape index (κ2) is 50.6. The number of carbonyl (C=O) groups is 1. The Morgan fingerprint density at radius 2 is 0.786 bits per heavy atom. The van der Waals surface area contributed by atoms with E-state index < -0.39 is 0 Å². The van der Waals surface area contributed by atoms with Crippen LogP contribution >= 0.6 is 0 Å². The maximum absolute atomic E-state index is 11.3. The van der Waals surface area contributed by atoms with Crippen molar-refractivity contribution in [1.82, 2.24) is 78.4 Å². The molecule has 0 saturated carbocycles. The van der Waals surface area contributed by atoms with Crippen molar-refractivity contribution in [2.75, 3.05) is 310 Å². The molecule has 0 radical (unpaired) electrons. The number of β-amino-alcohol motifs (C(OH)–C–C–N with tert-alkyl or cyclic N) is 1. The highest BCUT2D eigenvalue weighted by atomic mass is 16.5.